The zero-order chi connectivity index (χ0) is 25.8. The van der Waals surface area contributed by atoms with Crippen molar-refractivity contribution in [1.82, 2.24) is 10.3 Å². The van der Waals surface area contributed by atoms with Crippen molar-refractivity contribution >= 4 is 17.4 Å². The summed E-state index contributed by atoms with van der Waals surface area (Å²) in [6.07, 6.45) is 5.14. The Bertz CT molecular complexity index is 1210. The summed E-state index contributed by atoms with van der Waals surface area (Å²) in [5, 5.41) is 15.4. The van der Waals surface area contributed by atoms with Gasteiger partial charge in [-0.15, -0.1) is 0 Å². The summed E-state index contributed by atoms with van der Waals surface area (Å²) in [5.41, 5.74) is 12.4. The van der Waals surface area contributed by atoms with Gasteiger partial charge in [0.25, 0.3) is 5.91 Å². The SMILES string of the molecule is CCN(c1cc(-c2ccc(N)nc2)cc(C(=O)NCc2c(C)cc(C)c[n+]2[O-])c1C)C1CCOCC1. The second-order valence-corrected chi connectivity index (χ2v) is 9.42. The van der Waals surface area contributed by atoms with Crippen LogP contribution in [-0.4, -0.2) is 36.7 Å². The van der Waals surface area contributed by atoms with Crippen LogP contribution in [0.25, 0.3) is 11.1 Å². The molecule has 1 aliphatic rings. The highest BCUT2D eigenvalue weighted by atomic mass is 16.5. The average Bonchev–Trinajstić information content (AvgIpc) is 2.86. The molecule has 1 amide bonds. The quantitative estimate of drug-likeness (QED) is 0.386. The highest BCUT2D eigenvalue weighted by Crippen LogP contribution is 2.33. The fourth-order valence-electron chi connectivity index (χ4n) is 4.97. The van der Waals surface area contributed by atoms with Crippen LogP contribution in [-0.2, 0) is 11.3 Å². The summed E-state index contributed by atoms with van der Waals surface area (Å²) in [4.78, 5) is 20.1. The molecule has 8 heteroatoms. The Balaban J connectivity index is 1.72. The van der Waals surface area contributed by atoms with Crippen LogP contribution >= 0.6 is 0 Å². The molecule has 190 valence electrons. The third kappa shape index (κ3) is 5.44. The van der Waals surface area contributed by atoms with Crippen LogP contribution in [0.2, 0.25) is 0 Å². The molecule has 0 saturated carbocycles. The van der Waals surface area contributed by atoms with E-state index in [9.17, 15) is 10.0 Å². The fraction of sp³-hybridized carbons (Fsp3) is 0.393. The lowest BCUT2D eigenvalue weighted by Gasteiger charge is -2.37. The van der Waals surface area contributed by atoms with Crippen LogP contribution in [0.15, 0.2) is 42.7 Å². The lowest BCUT2D eigenvalue weighted by atomic mass is 9.95. The van der Waals surface area contributed by atoms with Crippen molar-refractivity contribution in [2.75, 3.05) is 30.4 Å². The van der Waals surface area contributed by atoms with Gasteiger partial charge in [-0.25, -0.2) is 4.98 Å². The smallest absolute Gasteiger partial charge is 0.252 e. The minimum Gasteiger partial charge on any atom is -0.618 e. The zero-order valence-corrected chi connectivity index (χ0v) is 21.5. The zero-order valence-electron chi connectivity index (χ0n) is 21.5. The minimum absolute atomic E-state index is 0.147. The number of rotatable bonds is 7. The van der Waals surface area contributed by atoms with E-state index in [-0.39, 0.29) is 12.5 Å². The summed E-state index contributed by atoms with van der Waals surface area (Å²) in [6.45, 7) is 10.3. The van der Waals surface area contributed by atoms with Gasteiger partial charge >= 0.3 is 0 Å². The van der Waals surface area contributed by atoms with Gasteiger partial charge in [0.05, 0.1) is 0 Å². The van der Waals surface area contributed by atoms with Crippen LogP contribution in [0, 0.1) is 26.0 Å². The number of nitrogens with two attached hydrogens (primary N) is 1. The van der Waals surface area contributed by atoms with Crippen LogP contribution < -0.4 is 20.7 Å². The van der Waals surface area contributed by atoms with Gasteiger partial charge in [-0.05, 0) is 82.0 Å². The number of benzene rings is 1. The molecule has 3 aromatic rings. The molecule has 1 aliphatic heterocycles. The standard InChI is InChI=1S/C28H35N5O3/c1-5-32(23-8-10-36-11-9-23)25-14-22(21-6-7-27(29)30-15-21)13-24(20(25)4)28(34)31-16-26-19(3)12-18(2)17-33(26)35/h6-7,12-15,17,23H,5,8-11,16H2,1-4H3,(H2,29,30)(H,31,34). The fourth-order valence-corrected chi connectivity index (χ4v) is 4.97. The van der Waals surface area contributed by atoms with E-state index in [0.29, 0.717) is 23.1 Å². The maximum Gasteiger partial charge on any atom is 0.252 e. The van der Waals surface area contributed by atoms with Gasteiger partial charge in [0.1, 0.15) is 12.4 Å². The first-order valence-electron chi connectivity index (χ1n) is 12.5. The molecular weight excluding hydrogens is 454 g/mol. The van der Waals surface area contributed by atoms with Gasteiger partial charge in [-0.3, -0.25) is 4.79 Å². The number of nitrogens with zero attached hydrogens (tertiary/aromatic N) is 3. The monoisotopic (exact) mass is 489 g/mol. The number of anilines is 2. The van der Waals surface area contributed by atoms with Crippen molar-refractivity contribution in [3.05, 3.63) is 75.9 Å². The van der Waals surface area contributed by atoms with Crippen molar-refractivity contribution in [3.63, 3.8) is 0 Å². The van der Waals surface area contributed by atoms with Crippen LogP contribution in [0.5, 0.6) is 0 Å². The highest BCUT2D eigenvalue weighted by Gasteiger charge is 2.25. The number of hydrogen-bond donors (Lipinski definition) is 2. The second-order valence-electron chi connectivity index (χ2n) is 9.42. The average molecular weight is 490 g/mol. The molecule has 0 aliphatic carbocycles. The Hall–Kier alpha value is -3.65. The number of aromatic nitrogens is 2. The molecule has 0 radical (unpaired) electrons. The molecular formula is C28H35N5O3. The lowest BCUT2D eigenvalue weighted by molar-refractivity contribution is -0.615. The minimum atomic E-state index is -0.220. The van der Waals surface area contributed by atoms with Crippen molar-refractivity contribution in [2.45, 2.75) is 53.1 Å². The van der Waals surface area contributed by atoms with Crippen molar-refractivity contribution in [3.8, 4) is 11.1 Å². The molecule has 4 rings (SSSR count). The van der Waals surface area contributed by atoms with Gasteiger partial charge < -0.3 is 25.9 Å². The first-order valence-corrected chi connectivity index (χ1v) is 12.5. The van der Waals surface area contributed by atoms with Gasteiger partial charge in [-0.2, -0.15) is 4.73 Å². The van der Waals surface area contributed by atoms with E-state index >= 15 is 0 Å². The lowest BCUT2D eigenvalue weighted by Crippen LogP contribution is -2.40. The molecule has 3 N–H and O–H groups in total. The Morgan fingerprint density at radius 3 is 2.58 bits per heavy atom. The van der Waals surface area contributed by atoms with Crippen LogP contribution in [0.3, 0.4) is 0 Å². The molecule has 0 unspecified atom stereocenters. The third-order valence-corrected chi connectivity index (χ3v) is 6.93. The Morgan fingerprint density at radius 2 is 1.94 bits per heavy atom. The maximum absolute atomic E-state index is 13.5. The van der Waals surface area contributed by atoms with E-state index < -0.39 is 0 Å². The first kappa shape index (κ1) is 25.4. The first-order chi connectivity index (χ1) is 17.3. The van der Waals surface area contributed by atoms with E-state index in [0.717, 1.165) is 70.8 Å². The molecule has 0 atom stereocenters. The number of aryl methyl sites for hydroxylation is 2. The predicted octanol–water partition coefficient (Wildman–Crippen LogP) is 3.82. The largest absolute Gasteiger partial charge is 0.618 e. The number of nitrogens with one attached hydrogen (secondary N) is 1. The molecule has 1 saturated heterocycles. The van der Waals surface area contributed by atoms with E-state index in [2.05, 4.69) is 28.2 Å². The normalized spacial score (nSPS) is 14.0. The summed E-state index contributed by atoms with van der Waals surface area (Å²) in [5.74, 6) is 0.225. The van der Waals surface area contributed by atoms with Crippen LogP contribution in [0.4, 0.5) is 11.5 Å². The van der Waals surface area contributed by atoms with Crippen molar-refractivity contribution < 1.29 is 14.3 Å². The number of hydrogen-bond acceptors (Lipinski definition) is 6. The highest BCUT2D eigenvalue weighted by molar-refractivity contribution is 5.98. The molecule has 8 nitrogen and oxygen atoms in total. The van der Waals surface area contributed by atoms with Gasteiger partial charge in [0.15, 0.2) is 6.20 Å². The summed E-state index contributed by atoms with van der Waals surface area (Å²) < 4.78 is 6.43. The summed E-state index contributed by atoms with van der Waals surface area (Å²) in [7, 11) is 0. The molecule has 0 spiro atoms. The van der Waals surface area contributed by atoms with Gasteiger partial charge in [0.2, 0.25) is 5.69 Å². The topological polar surface area (TPSA) is 107 Å². The molecule has 0 bridgehead atoms. The summed E-state index contributed by atoms with van der Waals surface area (Å²) in [6, 6.07) is 9.99. The predicted molar refractivity (Wildman–Crippen MR) is 142 cm³/mol. The number of ether oxygens (including phenoxy) is 1. The second kappa shape index (κ2) is 11.0. The van der Waals surface area contributed by atoms with Gasteiger partial charge in [0, 0.05) is 59.9 Å². The van der Waals surface area contributed by atoms with E-state index in [1.165, 1.54) is 6.20 Å². The van der Waals surface area contributed by atoms with Crippen molar-refractivity contribution in [1.29, 1.82) is 0 Å². The molecule has 2 aromatic heterocycles. The number of nitrogen functional groups attached to an aromatic ring is 1. The maximum atomic E-state index is 13.5. The van der Waals surface area contributed by atoms with Crippen LogP contribution in [0.1, 0.15) is 52.5 Å². The third-order valence-electron chi connectivity index (χ3n) is 6.93. The Labute approximate surface area is 212 Å². The van der Waals surface area contributed by atoms with Crippen molar-refractivity contribution in [2.24, 2.45) is 0 Å². The number of amides is 1. The van der Waals surface area contributed by atoms with E-state index in [4.69, 9.17) is 10.5 Å². The summed E-state index contributed by atoms with van der Waals surface area (Å²) >= 11 is 0. The number of carbonyl (C=O) groups is 1. The molecule has 1 fully saturated rings. The molecule has 36 heavy (non-hydrogen) atoms. The van der Waals surface area contributed by atoms with Gasteiger partial charge in [-0.1, -0.05) is 0 Å². The number of carbonyl (C=O) groups excluding carboxylic acids is 1. The molecule has 3 heterocycles. The Kier molecular flexibility index (Phi) is 7.74. The number of pyridine rings is 2. The molecule has 1 aromatic carbocycles. The Morgan fingerprint density at radius 1 is 1.19 bits per heavy atom. The van der Waals surface area contributed by atoms with E-state index in [1.54, 1.807) is 12.3 Å². The van der Waals surface area contributed by atoms with E-state index in [1.807, 2.05) is 39.0 Å².